The predicted octanol–water partition coefficient (Wildman–Crippen LogP) is 4.28. The van der Waals surface area contributed by atoms with Gasteiger partial charge in [-0.3, -0.25) is 14.6 Å². The average Bonchev–Trinajstić information content (AvgIpc) is 2.74. The van der Waals surface area contributed by atoms with Gasteiger partial charge in [0.15, 0.2) is 5.78 Å². The summed E-state index contributed by atoms with van der Waals surface area (Å²) < 4.78 is 0. The Kier molecular flexibility index (Phi) is 4.07. The summed E-state index contributed by atoms with van der Waals surface area (Å²) in [5.41, 5.74) is 4.56. The summed E-state index contributed by atoms with van der Waals surface area (Å²) >= 11 is 5.88. The minimum Gasteiger partial charge on any atom is -0.298 e. The minimum atomic E-state index is -0.600. The highest BCUT2D eigenvalue weighted by Gasteiger charge is 2.40. The molecule has 1 aromatic heterocycles. The van der Waals surface area contributed by atoms with Gasteiger partial charge in [-0.1, -0.05) is 18.5 Å². The van der Waals surface area contributed by atoms with Gasteiger partial charge in [0.05, 0.1) is 10.7 Å². The maximum atomic E-state index is 12.4. The van der Waals surface area contributed by atoms with Gasteiger partial charge in [-0.25, -0.2) is 0 Å². The van der Waals surface area contributed by atoms with Crippen LogP contribution in [-0.2, 0) is 9.59 Å². The van der Waals surface area contributed by atoms with Crippen molar-refractivity contribution < 1.29 is 9.59 Å². The molecule has 23 heavy (non-hydrogen) atoms. The number of carbonyl (C=O) groups is 2. The maximum absolute atomic E-state index is 12.4. The average molecular weight is 328 g/mol. The van der Waals surface area contributed by atoms with Crippen molar-refractivity contribution in [2.75, 3.05) is 0 Å². The van der Waals surface area contributed by atoms with E-state index in [2.05, 4.69) is 4.98 Å². The van der Waals surface area contributed by atoms with E-state index >= 15 is 0 Å². The van der Waals surface area contributed by atoms with Crippen molar-refractivity contribution >= 4 is 23.2 Å². The van der Waals surface area contributed by atoms with E-state index in [9.17, 15) is 9.59 Å². The second-order valence-electron chi connectivity index (χ2n) is 6.29. The largest absolute Gasteiger partial charge is 0.298 e. The first kappa shape index (κ1) is 15.9. The molecule has 118 valence electrons. The zero-order valence-electron chi connectivity index (χ0n) is 13.4. The van der Waals surface area contributed by atoms with Crippen LogP contribution in [0.1, 0.15) is 36.0 Å². The molecule has 1 heterocycles. The number of hydrogen-bond donors (Lipinski definition) is 0. The lowest BCUT2D eigenvalue weighted by atomic mass is 9.86. The lowest BCUT2D eigenvalue weighted by Crippen LogP contribution is -2.16. The van der Waals surface area contributed by atoms with E-state index in [1.807, 2.05) is 39.0 Å². The highest BCUT2D eigenvalue weighted by Crippen LogP contribution is 2.37. The number of Topliss-reactive ketones (excluding diaryl/α,β-unsaturated/α-hetero) is 2. The first-order valence-electron chi connectivity index (χ1n) is 7.68. The molecule has 1 aromatic carbocycles. The Morgan fingerprint density at radius 2 is 1.78 bits per heavy atom. The van der Waals surface area contributed by atoms with Crippen molar-refractivity contribution in [1.29, 1.82) is 0 Å². The van der Waals surface area contributed by atoms with Gasteiger partial charge < -0.3 is 0 Å². The van der Waals surface area contributed by atoms with E-state index in [4.69, 9.17) is 11.6 Å². The number of carbonyl (C=O) groups excluding carboxylic acids is 2. The van der Waals surface area contributed by atoms with Crippen molar-refractivity contribution in [2.45, 2.75) is 33.1 Å². The minimum absolute atomic E-state index is 0.0334. The van der Waals surface area contributed by atoms with E-state index < -0.39 is 5.92 Å². The van der Waals surface area contributed by atoms with Crippen LogP contribution in [0.5, 0.6) is 0 Å². The number of pyridine rings is 1. The summed E-state index contributed by atoms with van der Waals surface area (Å²) in [6.07, 6.45) is 1.96. The molecule has 1 fully saturated rings. The molecule has 0 aliphatic heterocycles. The van der Waals surface area contributed by atoms with Crippen LogP contribution in [0.2, 0.25) is 5.02 Å². The van der Waals surface area contributed by atoms with E-state index in [0.29, 0.717) is 11.4 Å². The molecule has 2 aromatic rings. The van der Waals surface area contributed by atoms with E-state index in [-0.39, 0.29) is 17.5 Å². The van der Waals surface area contributed by atoms with Gasteiger partial charge in [-0.15, -0.1) is 0 Å². The molecule has 3 nitrogen and oxygen atoms in total. The normalized spacial score (nSPS) is 21.0. The van der Waals surface area contributed by atoms with Crippen LogP contribution in [0.3, 0.4) is 0 Å². The third kappa shape index (κ3) is 2.81. The molecular formula is C19H18ClNO2. The van der Waals surface area contributed by atoms with Crippen LogP contribution in [-0.4, -0.2) is 16.6 Å². The van der Waals surface area contributed by atoms with E-state index in [0.717, 1.165) is 27.9 Å². The molecule has 1 aliphatic carbocycles. The first-order valence-corrected chi connectivity index (χ1v) is 8.05. The number of nitrogens with zero attached hydrogens (tertiary/aromatic N) is 1. The molecule has 3 rings (SSSR count). The monoisotopic (exact) mass is 327 g/mol. The van der Waals surface area contributed by atoms with Crippen molar-refractivity contribution in [2.24, 2.45) is 5.92 Å². The fourth-order valence-electron chi connectivity index (χ4n) is 3.39. The summed E-state index contributed by atoms with van der Waals surface area (Å²) in [4.78, 5) is 28.9. The second kappa shape index (κ2) is 5.89. The highest BCUT2D eigenvalue weighted by atomic mass is 35.5. The molecule has 1 aliphatic rings. The van der Waals surface area contributed by atoms with Crippen molar-refractivity contribution in [3.05, 3.63) is 52.2 Å². The number of ketones is 2. The fraction of sp³-hybridized carbons (Fsp3) is 0.316. The van der Waals surface area contributed by atoms with E-state index in [1.54, 1.807) is 12.3 Å². The van der Waals surface area contributed by atoms with Gasteiger partial charge >= 0.3 is 0 Å². The van der Waals surface area contributed by atoms with Crippen LogP contribution in [0.15, 0.2) is 30.5 Å². The molecular weight excluding hydrogens is 310 g/mol. The Labute approximate surface area is 140 Å². The lowest BCUT2D eigenvalue weighted by molar-refractivity contribution is -0.124. The summed E-state index contributed by atoms with van der Waals surface area (Å²) in [5.74, 6) is -0.703. The molecule has 1 saturated carbocycles. The SMILES string of the molecule is Cc1cc(-c2ccc(Cl)cn2)cc(C)c1C1C(=O)C[C@@H](C)C1=O. The van der Waals surface area contributed by atoms with Gasteiger partial charge in [0.25, 0.3) is 0 Å². The molecule has 1 unspecified atom stereocenters. The lowest BCUT2D eigenvalue weighted by Gasteiger charge is -2.16. The predicted molar refractivity (Wildman–Crippen MR) is 90.7 cm³/mol. The summed E-state index contributed by atoms with van der Waals surface area (Å²) in [7, 11) is 0. The standard InChI is InChI=1S/C19H18ClNO2/c1-10-6-13(15-5-4-14(20)9-21-15)7-11(2)17(10)18-16(22)8-12(3)19(18)23/h4-7,9,12,18H,8H2,1-3H3/t12-,18?/m1/s1. The van der Waals surface area contributed by atoms with Crippen LogP contribution in [0.4, 0.5) is 0 Å². The van der Waals surface area contributed by atoms with E-state index in [1.165, 1.54) is 0 Å². The van der Waals surface area contributed by atoms with Gasteiger partial charge in [0.2, 0.25) is 0 Å². The molecule has 0 N–H and O–H groups in total. The Bertz CT molecular complexity index is 773. The Hall–Kier alpha value is -2.00. The molecule has 0 spiro atoms. The summed E-state index contributed by atoms with van der Waals surface area (Å²) in [5, 5.41) is 0.593. The van der Waals surface area contributed by atoms with Crippen molar-refractivity contribution in [3.8, 4) is 11.3 Å². The van der Waals surface area contributed by atoms with Crippen LogP contribution in [0, 0.1) is 19.8 Å². The molecule has 0 bridgehead atoms. The Morgan fingerprint density at radius 3 is 2.26 bits per heavy atom. The number of hydrogen-bond acceptors (Lipinski definition) is 3. The number of aromatic nitrogens is 1. The van der Waals surface area contributed by atoms with Crippen LogP contribution < -0.4 is 0 Å². The third-order valence-electron chi connectivity index (χ3n) is 4.51. The molecule has 0 saturated heterocycles. The number of rotatable bonds is 2. The van der Waals surface area contributed by atoms with Crippen molar-refractivity contribution in [1.82, 2.24) is 4.98 Å². The smallest absolute Gasteiger partial charge is 0.151 e. The second-order valence-corrected chi connectivity index (χ2v) is 6.73. The fourth-order valence-corrected chi connectivity index (χ4v) is 3.50. The molecule has 0 radical (unpaired) electrons. The first-order chi connectivity index (χ1) is 10.9. The van der Waals surface area contributed by atoms with Crippen LogP contribution >= 0.6 is 11.6 Å². The Morgan fingerprint density at radius 1 is 1.13 bits per heavy atom. The zero-order chi connectivity index (χ0) is 16.7. The van der Waals surface area contributed by atoms with Crippen molar-refractivity contribution in [3.63, 3.8) is 0 Å². The topological polar surface area (TPSA) is 47.0 Å². The van der Waals surface area contributed by atoms with Gasteiger partial charge in [0.1, 0.15) is 11.7 Å². The number of aryl methyl sites for hydroxylation is 2. The summed E-state index contributed by atoms with van der Waals surface area (Å²) in [6, 6.07) is 7.64. The molecule has 2 atom stereocenters. The number of benzene rings is 1. The zero-order valence-corrected chi connectivity index (χ0v) is 14.1. The number of halogens is 1. The Balaban J connectivity index is 2.06. The summed E-state index contributed by atoms with van der Waals surface area (Å²) in [6.45, 7) is 5.73. The quantitative estimate of drug-likeness (QED) is 0.773. The maximum Gasteiger partial charge on any atom is 0.151 e. The molecule has 4 heteroatoms. The van der Waals surface area contributed by atoms with Gasteiger partial charge in [-0.2, -0.15) is 0 Å². The molecule has 0 amide bonds. The highest BCUT2D eigenvalue weighted by molar-refractivity contribution is 6.30. The van der Waals surface area contributed by atoms with Gasteiger partial charge in [0, 0.05) is 24.1 Å². The van der Waals surface area contributed by atoms with Crippen LogP contribution in [0.25, 0.3) is 11.3 Å². The van der Waals surface area contributed by atoms with Gasteiger partial charge in [-0.05, 0) is 54.8 Å². The third-order valence-corrected chi connectivity index (χ3v) is 4.73.